The molecule has 0 aliphatic heterocycles. The number of carboxylic acid groups (broad SMARTS) is 3. The Labute approximate surface area is 252 Å². The van der Waals surface area contributed by atoms with Crippen LogP contribution in [0.4, 0.5) is 0 Å². The molecule has 3 radical (unpaired) electrons. The molecule has 0 saturated heterocycles. The van der Waals surface area contributed by atoms with Crippen molar-refractivity contribution in [1.82, 2.24) is 5.32 Å². The fraction of sp³-hybridized carbons (Fsp3) is 0.842. The number of hydrogen-bond acceptors (Lipinski definition) is 9. The first-order valence-electron chi connectivity index (χ1n) is 10.1. The Morgan fingerprint density at radius 1 is 0.647 bits per heavy atom. The van der Waals surface area contributed by atoms with E-state index in [9.17, 15) is 9.59 Å². The number of aliphatic carboxylic acids is 3. The molecular weight excluding hydrogens is 732 g/mol. The molecule has 0 unspecified atom stereocenters. The number of nitrogens with two attached hydrogens (primary N) is 5. The number of carbonyl (C=O) groups is 3. The summed E-state index contributed by atoms with van der Waals surface area (Å²) in [7, 11) is 0. The van der Waals surface area contributed by atoms with Crippen molar-refractivity contribution in [3.8, 4) is 0 Å². The Morgan fingerprint density at radius 3 is 0.941 bits per heavy atom. The Bertz CT molecular complexity index is 339. The van der Waals surface area contributed by atoms with Crippen molar-refractivity contribution in [3.63, 3.8) is 0 Å². The zero-order chi connectivity index (χ0) is 26.3. The van der Waals surface area contributed by atoms with Gasteiger partial charge in [0.2, 0.25) is 0 Å². The molecule has 0 aromatic carbocycles. The van der Waals surface area contributed by atoms with Crippen LogP contribution in [0.25, 0.3) is 0 Å². The van der Waals surface area contributed by atoms with Crippen molar-refractivity contribution in [2.24, 2.45) is 40.5 Å². The Morgan fingerprint density at radius 2 is 0.853 bits per heavy atom. The van der Waals surface area contributed by atoms with E-state index in [1.807, 2.05) is 0 Å². The molecule has 0 amide bonds. The van der Waals surface area contributed by atoms with E-state index in [4.69, 9.17) is 48.8 Å². The number of rotatable bonds is 8. The predicted molar refractivity (Wildman–Crippen MR) is 127 cm³/mol. The third-order valence-corrected chi connectivity index (χ3v) is 2.07. The molecular formula is C19H50Ag3N6O6. The molecule has 0 rings (SSSR count). The van der Waals surface area contributed by atoms with Crippen LogP contribution in [-0.2, 0) is 81.5 Å². The molecule has 0 saturated carbocycles. The molecule has 34 heavy (non-hydrogen) atoms. The second kappa shape index (κ2) is 58.9. The maximum Gasteiger partial charge on any atom is 0.305 e. The van der Waals surface area contributed by atoms with E-state index in [0.717, 1.165) is 26.6 Å². The van der Waals surface area contributed by atoms with Crippen LogP contribution in [0.3, 0.4) is 0 Å². The molecule has 0 atom stereocenters. The van der Waals surface area contributed by atoms with E-state index in [2.05, 4.69) is 12.2 Å². The van der Waals surface area contributed by atoms with Gasteiger partial charge in [-0.05, 0) is 13.0 Å². The van der Waals surface area contributed by atoms with Crippen LogP contribution >= 0.6 is 0 Å². The van der Waals surface area contributed by atoms with Gasteiger partial charge >= 0.3 is 11.9 Å². The summed E-state index contributed by atoms with van der Waals surface area (Å²) in [6.45, 7) is 15.0. The second-order valence-corrected chi connectivity index (χ2v) is 6.20. The van der Waals surface area contributed by atoms with Crippen molar-refractivity contribution < 1.29 is 96.8 Å². The Kier molecular flexibility index (Phi) is 103. The summed E-state index contributed by atoms with van der Waals surface area (Å²) in [5, 5.41) is 26.6. The van der Waals surface area contributed by atoms with Gasteiger partial charge in [0.05, 0.1) is 11.8 Å². The van der Waals surface area contributed by atoms with Gasteiger partial charge in [0, 0.05) is 113 Å². The largest absolute Gasteiger partial charge is 0.481 e. The van der Waals surface area contributed by atoms with Crippen LogP contribution in [0.1, 0.15) is 48.0 Å². The minimum atomic E-state index is -0.833. The van der Waals surface area contributed by atoms with Gasteiger partial charge in [0.15, 0.2) is 0 Å². The van der Waals surface area contributed by atoms with Crippen LogP contribution in [0.5, 0.6) is 0 Å². The van der Waals surface area contributed by atoms with E-state index in [0.29, 0.717) is 26.2 Å². The van der Waals surface area contributed by atoms with E-state index in [1.165, 1.54) is 6.42 Å². The summed E-state index contributed by atoms with van der Waals surface area (Å²) in [5.41, 5.74) is 24.8. The first kappa shape index (κ1) is 59.5. The monoisotopic (exact) mass is 779 g/mol. The average molecular weight is 782 g/mol. The Hall–Kier alpha value is 0.391. The molecule has 0 bridgehead atoms. The van der Waals surface area contributed by atoms with Crippen molar-refractivity contribution >= 4 is 17.9 Å². The average Bonchev–Trinajstić information content (AvgIpc) is 2.69. The summed E-state index contributed by atoms with van der Waals surface area (Å²) in [5.74, 6) is -2.78. The van der Waals surface area contributed by atoms with Gasteiger partial charge < -0.3 is 49.3 Å². The minimum Gasteiger partial charge on any atom is -0.481 e. The van der Waals surface area contributed by atoms with Crippen molar-refractivity contribution in [2.45, 2.75) is 48.0 Å². The van der Waals surface area contributed by atoms with Gasteiger partial charge in [0.1, 0.15) is 0 Å². The normalized spacial score (nSPS) is 7.68. The predicted octanol–water partition coefficient (Wildman–Crippen LogP) is -0.710. The Balaban J connectivity index is -0.0000000314. The van der Waals surface area contributed by atoms with Gasteiger partial charge in [-0.15, -0.1) is 0 Å². The quantitative estimate of drug-likeness (QED) is 0.109. The molecule has 0 aliphatic carbocycles. The summed E-state index contributed by atoms with van der Waals surface area (Å²) < 4.78 is 0. The fourth-order valence-corrected chi connectivity index (χ4v) is 0.404. The van der Waals surface area contributed by atoms with Gasteiger partial charge in [0.25, 0.3) is 5.97 Å². The van der Waals surface area contributed by atoms with Crippen LogP contribution in [-0.4, -0.2) is 79.0 Å². The summed E-state index contributed by atoms with van der Waals surface area (Å²) >= 11 is 0. The van der Waals surface area contributed by atoms with Gasteiger partial charge in [-0.2, -0.15) is 0 Å². The van der Waals surface area contributed by atoms with Gasteiger partial charge in [-0.3, -0.25) is 14.4 Å². The summed E-state index contributed by atoms with van der Waals surface area (Å²) in [4.78, 5) is 28.4. The summed E-state index contributed by atoms with van der Waals surface area (Å²) in [6.07, 6.45) is 1.19. The van der Waals surface area contributed by atoms with E-state index in [1.54, 1.807) is 27.7 Å². The SMILES string of the molecule is CC(=O)O.CC(C)C(=O)O.CC(C)C(=O)O.CCCNCCN.NCCN.NCCN.[Ag].[Ag].[Ag]. The molecule has 0 spiro atoms. The maximum atomic E-state index is 9.70. The molecule has 0 aromatic rings. The third-order valence-electron chi connectivity index (χ3n) is 2.07. The van der Waals surface area contributed by atoms with E-state index in [-0.39, 0.29) is 79.0 Å². The van der Waals surface area contributed by atoms with Crippen molar-refractivity contribution in [2.75, 3.05) is 45.8 Å². The van der Waals surface area contributed by atoms with Crippen LogP contribution in [0, 0.1) is 11.8 Å². The van der Waals surface area contributed by atoms with Crippen molar-refractivity contribution in [1.29, 1.82) is 0 Å². The number of carboxylic acids is 3. The third kappa shape index (κ3) is 154. The molecule has 0 aromatic heterocycles. The minimum absolute atomic E-state index is 0. The molecule has 225 valence electrons. The molecule has 0 heterocycles. The molecule has 12 nitrogen and oxygen atoms in total. The number of hydrogen-bond donors (Lipinski definition) is 9. The van der Waals surface area contributed by atoms with Crippen LogP contribution in [0.2, 0.25) is 0 Å². The van der Waals surface area contributed by atoms with Gasteiger partial charge in [-0.25, -0.2) is 0 Å². The topological polar surface area (TPSA) is 254 Å². The van der Waals surface area contributed by atoms with Crippen LogP contribution < -0.4 is 34.0 Å². The first-order chi connectivity index (χ1) is 14.3. The zero-order valence-electron chi connectivity index (χ0n) is 21.2. The molecule has 14 N–H and O–H groups in total. The maximum absolute atomic E-state index is 9.70. The molecule has 0 aliphatic rings. The van der Waals surface area contributed by atoms with Crippen LogP contribution in [0.15, 0.2) is 0 Å². The number of nitrogens with one attached hydrogen (secondary N) is 1. The van der Waals surface area contributed by atoms with E-state index >= 15 is 0 Å². The van der Waals surface area contributed by atoms with Gasteiger partial charge in [-0.1, -0.05) is 34.6 Å². The van der Waals surface area contributed by atoms with Crippen molar-refractivity contribution in [3.05, 3.63) is 0 Å². The molecule has 0 fully saturated rings. The zero-order valence-corrected chi connectivity index (χ0v) is 25.6. The standard InChI is InChI=1S/C5H14N2.2C4H8O2.2C2H8N2.C2H4O2.3Ag/c1-2-4-7-5-3-6;2*1-3(2)4(5)6;2*3-1-2-4;1-2(3)4;;;/h7H,2-6H2,1H3;2*3H,1-2H3,(H,5,6);2*1-4H2;1H3,(H,3,4);;;. The smallest absolute Gasteiger partial charge is 0.305 e. The summed E-state index contributed by atoms with van der Waals surface area (Å²) in [6, 6.07) is 0. The molecule has 15 heteroatoms. The first-order valence-corrected chi connectivity index (χ1v) is 10.1. The van der Waals surface area contributed by atoms with E-state index < -0.39 is 17.9 Å². The second-order valence-electron chi connectivity index (χ2n) is 6.20. The fourth-order valence-electron chi connectivity index (χ4n) is 0.404.